The number of hydrogen-bond acceptors (Lipinski definition) is 5. The quantitative estimate of drug-likeness (QED) is 0.219. The molecule has 5 aromatic carbocycles. The third kappa shape index (κ3) is 4.04. The molecule has 0 fully saturated rings. The van der Waals surface area contributed by atoms with E-state index in [1.54, 1.807) is 0 Å². The highest BCUT2D eigenvalue weighted by Gasteiger charge is 2.53. The number of para-hydroxylation sites is 1. The molecule has 2 aliphatic rings. The molecular weight excluding hydrogens is 508 g/mol. The van der Waals surface area contributed by atoms with E-state index in [-0.39, 0.29) is 5.97 Å². The van der Waals surface area contributed by atoms with Crippen LogP contribution >= 0.6 is 0 Å². The van der Waals surface area contributed by atoms with Gasteiger partial charge in [-0.25, -0.2) is 4.79 Å². The molecule has 1 atom stereocenters. The summed E-state index contributed by atoms with van der Waals surface area (Å²) in [7, 11) is 0. The molecule has 202 valence electrons. The second-order valence-electron chi connectivity index (χ2n) is 10.7. The van der Waals surface area contributed by atoms with E-state index in [0.29, 0.717) is 17.1 Å². The average molecular weight is 539 g/mol. The largest absolute Gasteiger partial charge is 0.456 e. The van der Waals surface area contributed by atoms with Gasteiger partial charge in [0.15, 0.2) is 5.60 Å². The van der Waals surface area contributed by atoms with Crippen molar-refractivity contribution in [3.63, 3.8) is 0 Å². The number of ether oxygens (including phenoxy) is 2. The molecule has 2 N–H and O–H groups in total. The summed E-state index contributed by atoms with van der Waals surface area (Å²) < 4.78 is 13.0. The van der Waals surface area contributed by atoms with Crippen molar-refractivity contribution in [1.29, 1.82) is 0 Å². The Bertz CT molecular complexity index is 1830. The molecule has 1 unspecified atom stereocenters. The van der Waals surface area contributed by atoms with Crippen LogP contribution in [0, 0.1) is 13.8 Å². The summed E-state index contributed by atoms with van der Waals surface area (Å²) in [5.74, 6) is 0.979. The molecular formula is C36H30N2O3. The zero-order valence-electron chi connectivity index (χ0n) is 23.2. The number of benzene rings is 5. The number of carbonyl (C=O) groups is 1. The molecule has 1 spiro atoms. The van der Waals surface area contributed by atoms with Crippen molar-refractivity contribution in [1.82, 2.24) is 0 Å². The summed E-state index contributed by atoms with van der Waals surface area (Å²) in [5.41, 5.74) is 9.21. The minimum Gasteiger partial charge on any atom is -0.456 e. The van der Waals surface area contributed by atoms with Crippen molar-refractivity contribution in [2.75, 3.05) is 10.6 Å². The first-order valence-corrected chi connectivity index (χ1v) is 14.0. The van der Waals surface area contributed by atoms with E-state index in [2.05, 4.69) is 48.7 Å². The number of esters is 1. The number of carbonyl (C=O) groups excluding carboxylic acids is 1. The second-order valence-corrected chi connectivity index (χ2v) is 10.7. The van der Waals surface area contributed by atoms with E-state index in [1.165, 1.54) is 11.1 Å². The van der Waals surface area contributed by atoms with Crippen molar-refractivity contribution in [2.45, 2.75) is 32.8 Å². The maximum absolute atomic E-state index is 13.3. The number of nitrogens with one attached hydrogen (secondary N) is 2. The molecule has 0 amide bonds. The molecule has 0 aliphatic carbocycles. The molecule has 2 aliphatic heterocycles. The van der Waals surface area contributed by atoms with Gasteiger partial charge >= 0.3 is 5.97 Å². The van der Waals surface area contributed by atoms with Gasteiger partial charge in [-0.1, -0.05) is 61.0 Å². The Labute approximate surface area is 239 Å². The number of fused-ring (bicyclic) bond motifs is 6. The fourth-order valence-corrected chi connectivity index (χ4v) is 6.00. The maximum atomic E-state index is 13.3. The van der Waals surface area contributed by atoms with Gasteiger partial charge in [0, 0.05) is 45.5 Å². The van der Waals surface area contributed by atoms with E-state index in [4.69, 9.17) is 9.47 Å². The summed E-state index contributed by atoms with van der Waals surface area (Å²) in [6.07, 6.45) is 0.924. The van der Waals surface area contributed by atoms with Gasteiger partial charge in [0.2, 0.25) is 0 Å². The van der Waals surface area contributed by atoms with Gasteiger partial charge in [-0.05, 0) is 79.9 Å². The van der Waals surface area contributed by atoms with E-state index >= 15 is 0 Å². The first-order chi connectivity index (χ1) is 20.0. The third-order valence-corrected chi connectivity index (χ3v) is 8.03. The van der Waals surface area contributed by atoms with E-state index in [9.17, 15) is 4.79 Å². The topological polar surface area (TPSA) is 59.6 Å². The van der Waals surface area contributed by atoms with Crippen molar-refractivity contribution >= 4 is 28.7 Å². The third-order valence-electron chi connectivity index (χ3n) is 8.03. The van der Waals surface area contributed by atoms with Crippen LogP contribution in [0.4, 0.5) is 22.7 Å². The normalized spacial score (nSPS) is 16.3. The average Bonchev–Trinajstić information content (AvgIpc) is 3.28. The molecule has 0 radical (unpaired) electrons. The van der Waals surface area contributed by atoms with Crippen molar-refractivity contribution in [2.24, 2.45) is 0 Å². The summed E-state index contributed by atoms with van der Waals surface area (Å²) in [5, 5.41) is 7.11. The van der Waals surface area contributed by atoms with Crippen LogP contribution in [-0.4, -0.2) is 5.97 Å². The molecule has 5 nitrogen and oxygen atoms in total. The molecule has 2 heterocycles. The summed E-state index contributed by atoms with van der Waals surface area (Å²) in [4.78, 5) is 13.3. The van der Waals surface area contributed by atoms with Gasteiger partial charge in [0.25, 0.3) is 0 Å². The number of anilines is 4. The van der Waals surface area contributed by atoms with Crippen LogP contribution in [0.5, 0.6) is 11.5 Å². The lowest BCUT2D eigenvalue weighted by molar-refractivity contribution is 0.0224. The summed E-state index contributed by atoms with van der Waals surface area (Å²) in [6, 6.07) is 34.2. The highest BCUT2D eigenvalue weighted by molar-refractivity contribution is 5.97. The fourth-order valence-electron chi connectivity index (χ4n) is 6.00. The highest BCUT2D eigenvalue weighted by atomic mass is 16.6. The maximum Gasteiger partial charge on any atom is 0.340 e. The summed E-state index contributed by atoms with van der Waals surface area (Å²) in [6.45, 7) is 6.31. The highest BCUT2D eigenvalue weighted by Crippen LogP contribution is 2.57. The second kappa shape index (κ2) is 9.56. The van der Waals surface area contributed by atoms with Gasteiger partial charge in [-0.2, -0.15) is 0 Å². The molecule has 0 saturated heterocycles. The van der Waals surface area contributed by atoms with Crippen LogP contribution in [0.3, 0.4) is 0 Å². The Morgan fingerprint density at radius 2 is 1.44 bits per heavy atom. The predicted octanol–water partition coefficient (Wildman–Crippen LogP) is 8.92. The Morgan fingerprint density at radius 1 is 0.683 bits per heavy atom. The van der Waals surface area contributed by atoms with Gasteiger partial charge < -0.3 is 20.1 Å². The van der Waals surface area contributed by atoms with Crippen LogP contribution < -0.4 is 15.4 Å². The lowest BCUT2D eigenvalue weighted by Crippen LogP contribution is -2.33. The summed E-state index contributed by atoms with van der Waals surface area (Å²) >= 11 is 0. The zero-order valence-corrected chi connectivity index (χ0v) is 23.2. The Morgan fingerprint density at radius 3 is 2.27 bits per heavy atom. The Hall–Kier alpha value is -5.03. The van der Waals surface area contributed by atoms with Gasteiger partial charge in [0.1, 0.15) is 11.5 Å². The first-order valence-electron chi connectivity index (χ1n) is 14.0. The molecule has 5 heteroatoms. The molecule has 0 saturated carbocycles. The molecule has 5 aromatic rings. The van der Waals surface area contributed by atoms with Gasteiger partial charge in [-0.3, -0.25) is 0 Å². The number of aryl methyl sites for hydroxylation is 3. The van der Waals surface area contributed by atoms with Crippen molar-refractivity contribution < 1.29 is 14.3 Å². The smallest absolute Gasteiger partial charge is 0.340 e. The molecule has 41 heavy (non-hydrogen) atoms. The Balaban J connectivity index is 1.38. The number of rotatable bonds is 5. The van der Waals surface area contributed by atoms with Crippen LogP contribution in [0.15, 0.2) is 103 Å². The SMILES string of the molecule is CCc1cc(C)ccc1Nc1ccc2c(c1)Oc1cc(C)c(Nc3ccccc3)cc1C21OC(=O)c2ccccc21. The van der Waals surface area contributed by atoms with Gasteiger partial charge in [0.05, 0.1) is 5.56 Å². The standard InChI is InChI=1S/C36H30N2O3/c1-4-24-18-22(2)14-17-31(24)38-26-15-16-29-34(20-26)40-33-19-23(3)32(37-25-10-6-5-7-11-25)21-30(33)36(29)28-13-9-8-12-27(28)35(39)41-36/h5-21,37-38H,4H2,1-3H3. The molecule has 0 aromatic heterocycles. The van der Waals surface area contributed by atoms with E-state index in [1.807, 2.05) is 85.8 Å². The van der Waals surface area contributed by atoms with Crippen LogP contribution in [-0.2, 0) is 16.8 Å². The molecule has 0 bridgehead atoms. The van der Waals surface area contributed by atoms with Crippen LogP contribution in [0.1, 0.15) is 50.7 Å². The lowest BCUT2D eigenvalue weighted by atomic mass is 9.77. The number of hydrogen-bond donors (Lipinski definition) is 2. The minimum atomic E-state index is -1.13. The van der Waals surface area contributed by atoms with Crippen molar-refractivity contribution in [3.05, 3.63) is 142 Å². The Kier molecular flexibility index (Phi) is 5.82. The van der Waals surface area contributed by atoms with E-state index < -0.39 is 5.60 Å². The van der Waals surface area contributed by atoms with Crippen LogP contribution in [0.25, 0.3) is 0 Å². The van der Waals surface area contributed by atoms with Gasteiger partial charge in [-0.15, -0.1) is 0 Å². The predicted molar refractivity (Wildman–Crippen MR) is 163 cm³/mol. The van der Waals surface area contributed by atoms with Crippen molar-refractivity contribution in [3.8, 4) is 11.5 Å². The van der Waals surface area contributed by atoms with Crippen LogP contribution in [0.2, 0.25) is 0 Å². The monoisotopic (exact) mass is 538 g/mol. The zero-order chi connectivity index (χ0) is 28.1. The minimum absolute atomic E-state index is 0.341. The fraction of sp³-hybridized carbons (Fsp3) is 0.139. The van der Waals surface area contributed by atoms with E-state index in [0.717, 1.165) is 51.4 Å². The molecule has 7 rings (SSSR count). The lowest BCUT2D eigenvalue weighted by Gasteiger charge is -2.37. The first kappa shape index (κ1) is 25.0.